The van der Waals surface area contributed by atoms with Gasteiger partial charge in [-0.25, -0.2) is 4.79 Å². The topological polar surface area (TPSA) is 38.3 Å². The lowest BCUT2D eigenvalue weighted by Crippen LogP contribution is -2.52. The summed E-state index contributed by atoms with van der Waals surface area (Å²) >= 11 is 1.13. The van der Waals surface area contributed by atoms with E-state index in [0.29, 0.717) is 0 Å². The zero-order valence-electron chi connectivity index (χ0n) is 12.8. The fraction of sp³-hybridized carbons (Fsp3) is 0.800. The van der Waals surface area contributed by atoms with E-state index in [1.165, 1.54) is 0 Å². The highest BCUT2D eigenvalue weighted by atomic mass is 32.2. The molecular formula is C15H27NO2S. The molecule has 1 rings (SSSR count). The number of carbonyl (C=O) groups is 1. The molecule has 0 aromatic heterocycles. The predicted molar refractivity (Wildman–Crippen MR) is 82.7 cm³/mol. The molecule has 1 N–H and O–H groups in total. The Kier molecular flexibility index (Phi) is 5.93. The van der Waals surface area contributed by atoms with Crippen molar-refractivity contribution in [1.29, 1.82) is 0 Å². The second kappa shape index (κ2) is 6.80. The third-order valence-electron chi connectivity index (χ3n) is 3.23. The second-order valence-electron chi connectivity index (χ2n) is 6.57. The molecule has 0 spiro atoms. The number of rotatable bonds is 2. The van der Waals surface area contributed by atoms with Crippen molar-refractivity contribution < 1.29 is 9.53 Å². The molecule has 0 aromatic carbocycles. The first-order valence-corrected chi connectivity index (χ1v) is 8.17. The highest BCUT2D eigenvalue weighted by molar-refractivity contribution is 8.12. The fourth-order valence-corrected chi connectivity index (χ4v) is 2.88. The molecule has 0 aliphatic heterocycles. The minimum absolute atomic E-state index is 0.0564. The van der Waals surface area contributed by atoms with Gasteiger partial charge < -0.3 is 10.1 Å². The maximum absolute atomic E-state index is 11.3. The van der Waals surface area contributed by atoms with Gasteiger partial charge in [0.15, 0.2) is 0 Å². The molecular weight excluding hydrogens is 258 g/mol. The van der Waals surface area contributed by atoms with Crippen LogP contribution in [0, 0.1) is 0 Å². The smallest absolute Gasteiger partial charge is 0.367 e. The van der Waals surface area contributed by atoms with E-state index in [1.807, 2.05) is 6.08 Å². The van der Waals surface area contributed by atoms with Gasteiger partial charge in [0.25, 0.3) is 0 Å². The van der Waals surface area contributed by atoms with Crippen molar-refractivity contribution >= 4 is 17.1 Å². The SMILES string of the molecule is CSC(=O)OC1/C=C/CC(C)(NC(C)(C)C)CCC1. The molecule has 3 nitrogen and oxygen atoms in total. The number of carbonyl (C=O) groups excluding carboxylic acids is 1. The summed E-state index contributed by atoms with van der Waals surface area (Å²) in [7, 11) is 0. The van der Waals surface area contributed by atoms with Gasteiger partial charge in [0.1, 0.15) is 6.10 Å². The molecule has 0 radical (unpaired) electrons. The van der Waals surface area contributed by atoms with Gasteiger partial charge in [-0.15, -0.1) is 0 Å². The van der Waals surface area contributed by atoms with Crippen LogP contribution in [0.2, 0.25) is 0 Å². The lowest BCUT2D eigenvalue weighted by atomic mass is 9.85. The van der Waals surface area contributed by atoms with E-state index in [9.17, 15) is 4.79 Å². The van der Waals surface area contributed by atoms with Crippen molar-refractivity contribution in [1.82, 2.24) is 5.32 Å². The van der Waals surface area contributed by atoms with Gasteiger partial charge in [-0.2, -0.15) is 0 Å². The van der Waals surface area contributed by atoms with Crippen molar-refractivity contribution in [2.75, 3.05) is 6.26 Å². The van der Waals surface area contributed by atoms with Crippen LogP contribution in [0.1, 0.15) is 53.4 Å². The average molecular weight is 285 g/mol. The number of thioether (sulfide) groups is 1. The minimum atomic E-state index is -0.189. The second-order valence-corrected chi connectivity index (χ2v) is 7.31. The van der Waals surface area contributed by atoms with Gasteiger partial charge >= 0.3 is 5.30 Å². The quantitative estimate of drug-likeness (QED) is 0.611. The summed E-state index contributed by atoms with van der Waals surface area (Å²) in [5.41, 5.74) is 0.246. The van der Waals surface area contributed by atoms with Gasteiger partial charge in [-0.05, 0) is 77.5 Å². The van der Waals surface area contributed by atoms with E-state index >= 15 is 0 Å². The van der Waals surface area contributed by atoms with Crippen LogP contribution < -0.4 is 5.32 Å². The first kappa shape index (κ1) is 16.6. The Morgan fingerprint density at radius 3 is 2.74 bits per heavy atom. The third kappa shape index (κ3) is 6.48. The molecule has 1 aliphatic rings. The molecule has 0 saturated carbocycles. The molecule has 0 amide bonds. The van der Waals surface area contributed by atoms with Crippen LogP contribution in [0.15, 0.2) is 12.2 Å². The van der Waals surface area contributed by atoms with Crippen molar-refractivity contribution in [3.8, 4) is 0 Å². The minimum Gasteiger partial charge on any atom is -0.450 e. The number of hydrogen-bond donors (Lipinski definition) is 1. The summed E-state index contributed by atoms with van der Waals surface area (Å²) in [6.07, 6.45) is 9.92. The van der Waals surface area contributed by atoms with E-state index in [-0.39, 0.29) is 22.5 Å². The van der Waals surface area contributed by atoms with Gasteiger partial charge in [0, 0.05) is 11.1 Å². The van der Waals surface area contributed by atoms with Gasteiger partial charge in [-0.3, -0.25) is 0 Å². The van der Waals surface area contributed by atoms with Gasteiger partial charge in [0.05, 0.1) is 0 Å². The molecule has 110 valence electrons. The van der Waals surface area contributed by atoms with Crippen LogP contribution in [0.25, 0.3) is 0 Å². The predicted octanol–water partition coefficient (Wildman–Crippen LogP) is 4.13. The highest BCUT2D eigenvalue weighted by Gasteiger charge is 2.29. The Balaban J connectivity index is 2.60. The summed E-state index contributed by atoms with van der Waals surface area (Å²) in [5, 5.41) is 3.52. The van der Waals surface area contributed by atoms with Crippen LogP contribution in [0.5, 0.6) is 0 Å². The molecule has 0 fully saturated rings. The highest BCUT2D eigenvalue weighted by Crippen LogP contribution is 2.26. The van der Waals surface area contributed by atoms with Crippen molar-refractivity contribution in [3.05, 3.63) is 12.2 Å². The first-order valence-electron chi connectivity index (χ1n) is 6.95. The van der Waals surface area contributed by atoms with E-state index in [4.69, 9.17) is 4.74 Å². The van der Waals surface area contributed by atoms with Crippen LogP contribution in [0.4, 0.5) is 4.79 Å². The molecule has 0 bridgehead atoms. The molecule has 1 aliphatic carbocycles. The summed E-state index contributed by atoms with van der Waals surface area (Å²) in [4.78, 5) is 11.3. The first-order chi connectivity index (χ1) is 8.74. The lowest BCUT2D eigenvalue weighted by molar-refractivity contribution is 0.135. The van der Waals surface area contributed by atoms with Crippen LogP contribution in [-0.4, -0.2) is 28.7 Å². The Morgan fingerprint density at radius 1 is 1.47 bits per heavy atom. The zero-order chi connectivity index (χ0) is 14.5. The number of nitrogens with one attached hydrogen (secondary N) is 1. The fourth-order valence-electron chi connectivity index (χ4n) is 2.66. The molecule has 0 aromatic rings. The largest absolute Gasteiger partial charge is 0.450 e. The summed E-state index contributed by atoms with van der Waals surface area (Å²) in [5.74, 6) is 0. The lowest BCUT2D eigenvalue weighted by Gasteiger charge is -2.38. The van der Waals surface area contributed by atoms with E-state index < -0.39 is 0 Å². The van der Waals surface area contributed by atoms with Crippen LogP contribution in [-0.2, 0) is 4.74 Å². The summed E-state index contributed by atoms with van der Waals surface area (Å²) < 4.78 is 5.36. The maximum Gasteiger partial charge on any atom is 0.367 e. The molecule has 0 saturated heterocycles. The van der Waals surface area contributed by atoms with E-state index in [1.54, 1.807) is 6.26 Å². The monoisotopic (exact) mass is 285 g/mol. The molecule has 2 atom stereocenters. The maximum atomic E-state index is 11.3. The molecule has 4 heteroatoms. The molecule has 0 heterocycles. The Labute approximate surface area is 121 Å². The normalized spacial score (nSPS) is 30.3. The third-order valence-corrected chi connectivity index (χ3v) is 3.66. The van der Waals surface area contributed by atoms with E-state index in [2.05, 4.69) is 39.1 Å². The molecule has 2 unspecified atom stereocenters. The van der Waals surface area contributed by atoms with Crippen LogP contribution in [0.3, 0.4) is 0 Å². The Morgan fingerprint density at radius 2 is 2.16 bits per heavy atom. The van der Waals surface area contributed by atoms with Crippen molar-refractivity contribution in [2.24, 2.45) is 0 Å². The zero-order valence-corrected chi connectivity index (χ0v) is 13.6. The number of ether oxygens (including phenoxy) is 1. The summed E-state index contributed by atoms with van der Waals surface area (Å²) in [6.45, 7) is 8.87. The van der Waals surface area contributed by atoms with Gasteiger partial charge in [-0.1, -0.05) is 6.08 Å². The summed E-state index contributed by atoms with van der Waals surface area (Å²) in [6, 6.07) is 0. The Hall–Kier alpha value is -0.480. The van der Waals surface area contributed by atoms with Gasteiger partial charge in [0.2, 0.25) is 0 Å². The molecule has 19 heavy (non-hydrogen) atoms. The Bertz CT molecular complexity index is 336. The van der Waals surface area contributed by atoms with Crippen molar-refractivity contribution in [3.63, 3.8) is 0 Å². The van der Waals surface area contributed by atoms with E-state index in [0.717, 1.165) is 37.4 Å². The van der Waals surface area contributed by atoms with Crippen LogP contribution >= 0.6 is 11.8 Å². The number of hydrogen-bond acceptors (Lipinski definition) is 4. The van der Waals surface area contributed by atoms with Crippen molar-refractivity contribution in [2.45, 2.75) is 70.6 Å². The standard InChI is InChI=1S/C15H27NO2S/c1-14(2,3)16-15(4)10-6-8-12(9-7-11-15)18-13(17)19-5/h6,8,12,16H,7,9-11H2,1-5H3/b8-6+. The average Bonchev–Trinajstić information content (AvgIpc) is 2.23.